The fourth-order valence-corrected chi connectivity index (χ4v) is 4.34. The highest BCUT2D eigenvalue weighted by molar-refractivity contribution is 5.76. The average molecular weight is 401 g/mol. The Morgan fingerprint density at radius 2 is 2.21 bits per heavy atom. The van der Waals surface area contributed by atoms with E-state index in [4.69, 9.17) is 14.0 Å². The van der Waals surface area contributed by atoms with Gasteiger partial charge in [-0.3, -0.25) is 4.79 Å². The zero-order valence-electron chi connectivity index (χ0n) is 16.6. The molecular weight excluding hydrogens is 374 g/mol. The van der Waals surface area contributed by atoms with E-state index in [9.17, 15) is 9.90 Å². The number of nitrogens with zero attached hydrogens (tertiary/aromatic N) is 3. The first kappa shape index (κ1) is 19.8. The van der Waals surface area contributed by atoms with Crippen LogP contribution in [0.25, 0.3) is 11.4 Å². The van der Waals surface area contributed by atoms with E-state index in [0.29, 0.717) is 49.9 Å². The molecule has 1 unspecified atom stereocenters. The molecule has 1 aromatic heterocycles. The molecule has 8 nitrogen and oxygen atoms in total. The molecule has 1 N–H and O–H groups in total. The molecule has 156 valence electrons. The number of benzene rings is 1. The van der Waals surface area contributed by atoms with E-state index in [1.54, 1.807) is 7.11 Å². The number of methoxy groups -OCH3 is 1. The highest BCUT2D eigenvalue weighted by Crippen LogP contribution is 2.34. The monoisotopic (exact) mass is 401 g/mol. The molecule has 4 rings (SSSR count). The molecule has 2 heterocycles. The number of fused-ring (bicyclic) bond motifs is 1. The lowest BCUT2D eigenvalue weighted by Gasteiger charge is -2.37. The molecule has 0 bridgehead atoms. The van der Waals surface area contributed by atoms with Crippen molar-refractivity contribution in [2.24, 2.45) is 5.92 Å². The van der Waals surface area contributed by atoms with Crippen LogP contribution in [0.2, 0.25) is 0 Å². The van der Waals surface area contributed by atoms with Crippen LogP contribution >= 0.6 is 0 Å². The van der Waals surface area contributed by atoms with Gasteiger partial charge in [-0.25, -0.2) is 0 Å². The summed E-state index contributed by atoms with van der Waals surface area (Å²) < 4.78 is 16.5. The number of aryl methyl sites for hydroxylation is 1. The number of aromatic nitrogens is 2. The Kier molecular flexibility index (Phi) is 6.10. The summed E-state index contributed by atoms with van der Waals surface area (Å²) in [6, 6.07) is 7.61. The number of hydrogen-bond acceptors (Lipinski definition) is 7. The number of rotatable bonds is 7. The van der Waals surface area contributed by atoms with E-state index in [1.807, 2.05) is 29.2 Å². The van der Waals surface area contributed by atoms with Gasteiger partial charge in [-0.05, 0) is 37.3 Å². The molecule has 2 aliphatic rings. The van der Waals surface area contributed by atoms with Crippen LogP contribution in [0.3, 0.4) is 0 Å². The highest BCUT2D eigenvalue weighted by Gasteiger charge is 2.42. The van der Waals surface area contributed by atoms with Gasteiger partial charge in [0.1, 0.15) is 5.75 Å². The van der Waals surface area contributed by atoms with Crippen LogP contribution in [0.15, 0.2) is 28.8 Å². The topological polar surface area (TPSA) is 97.9 Å². The van der Waals surface area contributed by atoms with Crippen molar-refractivity contribution in [1.29, 1.82) is 0 Å². The van der Waals surface area contributed by atoms with Crippen LogP contribution in [0, 0.1) is 5.92 Å². The zero-order chi connectivity index (χ0) is 20.2. The first-order valence-electron chi connectivity index (χ1n) is 10.2. The van der Waals surface area contributed by atoms with Gasteiger partial charge >= 0.3 is 0 Å². The van der Waals surface area contributed by atoms with Crippen LogP contribution in [-0.4, -0.2) is 65.1 Å². The van der Waals surface area contributed by atoms with Gasteiger partial charge in [0.15, 0.2) is 0 Å². The molecule has 2 fully saturated rings. The third kappa shape index (κ3) is 4.28. The van der Waals surface area contributed by atoms with Gasteiger partial charge in [-0.1, -0.05) is 17.3 Å². The molecule has 1 aliphatic carbocycles. The number of carbonyl (C=O) groups is 1. The maximum absolute atomic E-state index is 12.8. The predicted molar refractivity (Wildman–Crippen MR) is 104 cm³/mol. The Labute approximate surface area is 169 Å². The van der Waals surface area contributed by atoms with Gasteiger partial charge in [-0.2, -0.15) is 4.98 Å². The third-order valence-corrected chi connectivity index (χ3v) is 5.81. The molecule has 0 spiro atoms. The van der Waals surface area contributed by atoms with Crippen molar-refractivity contribution in [1.82, 2.24) is 15.0 Å². The van der Waals surface area contributed by atoms with Crippen molar-refractivity contribution in [2.45, 2.75) is 44.2 Å². The molecule has 0 radical (unpaired) electrons. The minimum Gasteiger partial charge on any atom is -0.496 e. The number of carbonyl (C=O) groups excluding carboxylic acids is 1. The first-order valence-corrected chi connectivity index (χ1v) is 10.2. The van der Waals surface area contributed by atoms with Crippen molar-refractivity contribution < 1.29 is 23.9 Å². The summed E-state index contributed by atoms with van der Waals surface area (Å²) in [5, 5.41) is 13.5. The third-order valence-electron chi connectivity index (χ3n) is 5.81. The number of amides is 1. The summed E-state index contributed by atoms with van der Waals surface area (Å²) in [4.78, 5) is 19.1. The smallest absolute Gasteiger partial charge is 0.226 e. The largest absolute Gasteiger partial charge is 0.496 e. The summed E-state index contributed by atoms with van der Waals surface area (Å²) in [5.41, 5.74) is 0.778. The molecule has 8 heteroatoms. The van der Waals surface area contributed by atoms with Gasteiger partial charge < -0.3 is 24.0 Å². The minimum atomic E-state index is 0.0594. The lowest BCUT2D eigenvalue weighted by molar-refractivity contribution is -0.144. The second-order valence-corrected chi connectivity index (χ2v) is 7.65. The van der Waals surface area contributed by atoms with Gasteiger partial charge in [-0.15, -0.1) is 0 Å². The van der Waals surface area contributed by atoms with E-state index in [0.717, 1.165) is 18.4 Å². The molecule has 2 aromatic rings. The summed E-state index contributed by atoms with van der Waals surface area (Å²) in [7, 11) is 1.61. The Morgan fingerprint density at radius 1 is 1.34 bits per heavy atom. The van der Waals surface area contributed by atoms with Crippen molar-refractivity contribution in [3.63, 3.8) is 0 Å². The van der Waals surface area contributed by atoms with Gasteiger partial charge in [0.25, 0.3) is 0 Å². The lowest BCUT2D eigenvalue weighted by Crippen LogP contribution is -2.51. The van der Waals surface area contributed by atoms with Crippen LogP contribution in [0.5, 0.6) is 5.75 Å². The fraction of sp³-hybridized carbons (Fsp3) is 0.571. The number of morpholine rings is 1. The zero-order valence-corrected chi connectivity index (χ0v) is 16.6. The van der Waals surface area contributed by atoms with Crippen molar-refractivity contribution in [3.8, 4) is 17.1 Å². The SMILES string of the molecule is COc1ccccc1-c1noc(CCCC(=O)N2CCOC3C[C@H](CO)C[C@@H]32)n1. The van der Waals surface area contributed by atoms with Crippen LogP contribution in [-0.2, 0) is 16.0 Å². The summed E-state index contributed by atoms with van der Waals surface area (Å²) >= 11 is 0. The number of ether oxygens (including phenoxy) is 2. The molecule has 1 aromatic carbocycles. The van der Waals surface area contributed by atoms with E-state index in [1.165, 1.54) is 0 Å². The van der Waals surface area contributed by atoms with Crippen LogP contribution in [0.4, 0.5) is 0 Å². The van der Waals surface area contributed by atoms with E-state index in [-0.39, 0.29) is 30.6 Å². The Hall–Kier alpha value is -2.45. The molecule has 1 saturated carbocycles. The average Bonchev–Trinajstić information content (AvgIpc) is 3.40. The molecule has 1 aliphatic heterocycles. The van der Waals surface area contributed by atoms with Crippen LogP contribution < -0.4 is 4.74 Å². The van der Waals surface area contributed by atoms with Crippen molar-refractivity contribution in [2.75, 3.05) is 26.9 Å². The lowest BCUT2D eigenvalue weighted by atomic mass is 10.1. The Balaban J connectivity index is 1.31. The highest BCUT2D eigenvalue weighted by atomic mass is 16.5. The van der Waals surface area contributed by atoms with Crippen LogP contribution in [0.1, 0.15) is 31.6 Å². The first-order chi connectivity index (χ1) is 14.2. The molecular formula is C21H27N3O5. The Morgan fingerprint density at radius 3 is 3.03 bits per heavy atom. The minimum absolute atomic E-state index is 0.0594. The van der Waals surface area contributed by atoms with E-state index >= 15 is 0 Å². The van der Waals surface area contributed by atoms with E-state index in [2.05, 4.69) is 10.1 Å². The maximum atomic E-state index is 12.8. The Bertz CT molecular complexity index is 839. The molecule has 3 atom stereocenters. The quantitative estimate of drug-likeness (QED) is 0.758. The maximum Gasteiger partial charge on any atom is 0.226 e. The summed E-state index contributed by atoms with van der Waals surface area (Å²) in [5.74, 6) is 2.05. The molecule has 1 saturated heterocycles. The number of hydrogen-bond donors (Lipinski definition) is 1. The van der Waals surface area contributed by atoms with E-state index < -0.39 is 0 Å². The summed E-state index contributed by atoms with van der Waals surface area (Å²) in [6.07, 6.45) is 3.33. The van der Waals surface area contributed by atoms with Crippen molar-refractivity contribution in [3.05, 3.63) is 30.2 Å². The standard InChI is InChI=1S/C21H27N3O5/c1-27-17-6-3-2-5-15(17)21-22-19(29-23-21)7-4-8-20(26)24-9-10-28-18-12-14(13-25)11-16(18)24/h2-3,5-6,14,16,18,25H,4,7-13H2,1H3/t14-,16+,18?/m1/s1. The second-order valence-electron chi connectivity index (χ2n) is 7.65. The molecule has 29 heavy (non-hydrogen) atoms. The number of aliphatic hydroxyl groups excluding tert-OH is 1. The van der Waals surface area contributed by atoms with Crippen molar-refractivity contribution >= 4 is 5.91 Å². The van der Waals surface area contributed by atoms with Gasteiger partial charge in [0.05, 0.1) is 31.4 Å². The second kappa shape index (κ2) is 8.92. The predicted octanol–water partition coefficient (Wildman–Crippen LogP) is 2.07. The fourth-order valence-electron chi connectivity index (χ4n) is 4.34. The van der Waals surface area contributed by atoms with Gasteiger partial charge in [0, 0.05) is 26.0 Å². The number of para-hydroxylation sites is 1. The molecule has 1 amide bonds. The van der Waals surface area contributed by atoms with Gasteiger partial charge in [0.2, 0.25) is 17.6 Å². The number of aliphatic hydroxyl groups is 1. The normalized spacial score (nSPS) is 23.8. The summed E-state index contributed by atoms with van der Waals surface area (Å²) in [6.45, 7) is 1.34.